The fourth-order valence-electron chi connectivity index (χ4n) is 3.70. The number of furan rings is 1. The zero-order valence-electron chi connectivity index (χ0n) is 16.3. The molecule has 6 heteroatoms. The molecule has 1 unspecified atom stereocenters. The molecule has 0 radical (unpaired) electrons. The van der Waals surface area contributed by atoms with E-state index in [0.717, 1.165) is 24.2 Å². The summed E-state index contributed by atoms with van der Waals surface area (Å²) in [4.78, 5) is 14.5. The van der Waals surface area contributed by atoms with E-state index < -0.39 is 0 Å². The lowest BCUT2D eigenvalue weighted by Gasteiger charge is -2.22. The second kappa shape index (κ2) is 8.02. The Morgan fingerprint density at radius 2 is 2.00 bits per heavy atom. The number of rotatable bonds is 6. The number of aryl methyl sites for hydroxylation is 2. The van der Waals surface area contributed by atoms with Crippen molar-refractivity contribution in [2.24, 2.45) is 0 Å². The van der Waals surface area contributed by atoms with E-state index in [1.165, 1.54) is 24.0 Å². The van der Waals surface area contributed by atoms with Crippen molar-refractivity contribution in [3.05, 3.63) is 65.2 Å². The van der Waals surface area contributed by atoms with Crippen molar-refractivity contribution in [1.82, 2.24) is 15.4 Å². The molecule has 0 spiro atoms. The Morgan fingerprint density at radius 3 is 2.75 bits per heavy atom. The lowest BCUT2D eigenvalue weighted by Crippen LogP contribution is -2.34. The molecule has 0 saturated heterocycles. The first-order valence-corrected chi connectivity index (χ1v) is 9.69. The van der Waals surface area contributed by atoms with Gasteiger partial charge in [-0.2, -0.15) is 0 Å². The van der Waals surface area contributed by atoms with E-state index in [1.807, 2.05) is 37.2 Å². The van der Waals surface area contributed by atoms with Crippen LogP contribution in [0.1, 0.15) is 46.3 Å². The number of nitrogens with one attached hydrogen (secondary N) is 1. The van der Waals surface area contributed by atoms with Crippen LogP contribution >= 0.6 is 0 Å². The first-order valence-electron chi connectivity index (χ1n) is 9.69. The van der Waals surface area contributed by atoms with Crippen LogP contribution in [-0.2, 0) is 12.8 Å². The van der Waals surface area contributed by atoms with E-state index >= 15 is 0 Å². The Hall–Kier alpha value is -2.86. The van der Waals surface area contributed by atoms with E-state index in [0.29, 0.717) is 12.3 Å². The average molecular weight is 379 g/mol. The molecule has 1 aliphatic rings. The number of hydrogen-bond acceptors (Lipinski definition) is 5. The molecule has 4 rings (SSSR count). The largest absolute Gasteiger partial charge is 0.468 e. The van der Waals surface area contributed by atoms with Crippen LogP contribution in [0.15, 0.2) is 51.6 Å². The quantitative estimate of drug-likeness (QED) is 0.704. The van der Waals surface area contributed by atoms with Crippen molar-refractivity contribution in [2.75, 3.05) is 20.6 Å². The molecule has 2 heterocycles. The van der Waals surface area contributed by atoms with Crippen LogP contribution in [0.3, 0.4) is 0 Å². The third-order valence-corrected chi connectivity index (χ3v) is 5.33. The average Bonchev–Trinajstić information content (AvgIpc) is 3.40. The zero-order valence-corrected chi connectivity index (χ0v) is 16.3. The van der Waals surface area contributed by atoms with Gasteiger partial charge in [0.1, 0.15) is 5.76 Å². The number of hydrogen-bond donors (Lipinski definition) is 1. The molecular formula is C22H25N3O3. The van der Waals surface area contributed by atoms with Gasteiger partial charge >= 0.3 is 0 Å². The van der Waals surface area contributed by atoms with Gasteiger partial charge in [0.05, 0.1) is 12.3 Å². The summed E-state index contributed by atoms with van der Waals surface area (Å²) in [5, 5.41) is 6.89. The Labute approximate surface area is 164 Å². The van der Waals surface area contributed by atoms with Gasteiger partial charge in [-0.1, -0.05) is 17.3 Å². The van der Waals surface area contributed by atoms with Gasteiger partial charge < -0.3 is 14.3 Å². The first kappa shape index (κ1) is 18.5. The Kier molecular flexibility index (Phi) is 5.30. The van der Waals surface area contributed by atoms with Gasteiger partial charge in [-0.15, -0.1) is 0 Å². The van der Waals surface area contributed by atoms with Crippen molar-refractivity contribution in [3.8, 4) is 11.3 Å². The molecule has 1 atom stereocenters. The molecule has 0 aliphatic heterocycles. The maximum Gasteiger partial charge on any atom is 0.273 e. The summed E-state index contributed by atoms with van der Waals surface area (Å²) in [7, 11) is 3.90. The van der Waals surface area contributed by atoms with Gasteiger partial charge in [0.2, 0.25) is 0 Å². The van der Waals surface area contributed by atoms with Gasteiger partial charge in [-0.25, -0.2) is 0 Å². The van der Waals surface area contributed by atoms with Crippen LogP contribution < -0.4 is 5.32 Å². The Morgan fingerprint density at radius 1 is 1.18 bits per heavy atom. The number of amides is 1. The van der Waals surface area contributed by atoms with Gasteiger partial charge in [-0.3, -0.25) is 9.69 Å². The number of likely N-dealkylation sites (N-methyl/N-ethyl adjacent to an activating group) is 1. The molecule has 1 amide bonds. The third-order valence-electron chi connectivity index (χ3n) is 5.33. The van der Waals surface area contributed by atoms with Crippen LogP contribution in [0.4, 0.5) is 0 Å². The summed E-state index contributed by atoms with van der Waals surface area (Å²) in [5.74, 6) is 1.17. The molecule has 1 aromatic carbocycles. The lowest BCUT2D eigenvalue weighted by atomic mass is 9.90. The van der Waals surface area contributed by atoms with E-state index in [-0.39, 0.29) is 17.6 Å². The Bertz CT molecular complexity index is 944. The number of benzene rings is 1. The highest BCUT2D eigenvalue weighted by atomic mass is 16.5. The molecule has 1 aliphatic carbocycles. The summed E-state index contributed by atoms with van der Waals surface area (Å²) >= 11 is 0. The molecule has 0 bridgehead atoms. The molecule has 2 aromatic heterocycles. The first-order chi connectivity index (χ1) is 13.6. The normalized spacial score (nSPS) is 14.7. The fraction of sp³-hybridized carbons (Fsp3) is 0.364. The summed E-state index contributed by atoms with van der Waals surface area (Å²) in [5.41, 5.74) is 4.04. The van der Waals surface area contributed by atoms with Gasteiger partial charge in [-0.05, 0) is 69.1 Å². The second-order valence-electron chi connectivity index (χ2n) is 7.47. The molecule has 0 saturated carbocycles. The number of carbonyl (C=O) groups is 1. The van der Waals surface area contributed by atoms with Crippen LogP contribution in [0.2, 0.25) is 0 Å². The van der Waals surface area contributed by atoms with Crippen molar-refractivity contribution in [1.29, 1.82) is 0 Å². The number of fused-ring (bicyclic) bond motifs is 1. The molecular weight excluding hydrogens is 354 g/mol. The van der Waals surface area contributed by atoms with E-state index in [9.17, 15) is 4.79 Å². The van der Waals surface area contributed by atoms with Gasteiger partial charge in [0.25, 0.3) is 5.91 Å². The zero-order chi connectivity index (χ0) is 19.5. The maximum absolute atomic E-state index is 12.5. The predicted molar refractivity (Wildman–Crippen MR) is 106 cm³/mol. The van der Waals surface area contributed by atoms with Gasteiger partial charge in [0, 0.05) is 18.2 Å². The van der Waals surface area contributed by atoms with Crippen molar-refractivity contribution < 1.29 is 13.7 Å². The molecule has 1 N–H and O–H groups in total. The monoisotopic (exact) mass is 379 g/mol. The lowest BCUT2D eigenvalue weighted by molar-refractivity contribution is 0.0930. The number of nitrogens with zero attached hydrogens (tertiary/aromatic N) is 2. The van der Waals surface area contributed by atoms with Gasteiger partial charge in [0.15, 0.2) is 11.5 Å². The fourth-order valence-corrected chi connectivity index (χ4v) is 3.70. The van der Waals surface area contributed by atoms with Crippen LogP contribution in [0.25, 0.3) is 11.3 Å². The standard InChI is InChI=1S/C22H25N3O3/c1-25(2)19(20-8-5-11-27-20)14-23-22(26)18-13-21(28-24-18)17-10-9-15-6-3-4-7-16(15)12-17/h5,8-13,19H,3-4,6-7,14H2,1-2H3,(H,23,26). The van der Waals surface area contributed by atoms with Crippen LogP contribution in [-0.4, -0.2) is 36.6 Å². The molecule has 28 heavy (non-hydrogen) atoms. The maximum atomic E-state index is 12.5. The minimum atomic E-state index is -0.258. The summed E-state index contributed by atoms with van der Waals surface area (Å²) in [6.07, 6.45) is 6.36. The van der Waals surface area contributed by atoms with Crippen molar-refractivity contribution >= 4 is 5.91 Å². The molecule has 6 nitrogen and oxygen atoms in total. The molecule has 146 valence electrons. The molecule has 0 fully saturated rings. The minimum absolute atomic E-state index is 0.0500. The molecule has 3 aromatic rings. The Balaban J connectivity index is 1.44. The van der Waals surface area contributed by atoms with E-state index in [1.54, 1.807) is 12.3 Å². The summed E-state index contributed by atoms with van der Waals surface area (Å²) < 4.78 is 10.9. The van der Waals surface area contributed by atoms with Crippen molar-refractivity contribution in [3.63, 3.8) is 0 Å². The smallest absolute Gasteiger partial charge is 0.273 e. The number of carbonyl (C=O) groups excluding carboxylic acids is 1. The highest BCUT2D eigenvalue weighted by Crippen LogP contribution is 2.28. The van der Waals surface area contributed by atoms with E-state index in [4.69, 9.17) is 8.94 Å². The minimum Gasteiger partial charge on any atom is -0.468 e. The van der Waals surface area contributed by atoms with Crippen LogP contribution in [0, 0.1) is 0 Å². The predicted octanol–water partition coefficient (Wildman–Crippen LogP) is 3.85. The SMILES string of the molecule is CN(C)C(CNC(=O)c1cc(-c2ccc3c(c2)CCCC3)on1)c1ccco1. The number of aromatic nitrogens is 1. The second-order valence-corrected chi connectivity index (χ2v) is 7.47. The van der Waals surface area contributed by atoms with Crippen LogP contribution in [0.5, 0.6) is 0 Å². The topological polar surface area (TPSA) is 71.5 Å². The van der Waals surface area contributed by atoms with Crippen molar-refractivity contribution in [2.45, 2.75) is 31.7 Å². The highest BCUT2D eigenvalue weighted by molar-refractivity contribution is 5.93. The summed E-state index contributed by atoms with van der Waals surface area (Å²) in [6, 6.07) is 11.8. The third kappa shape index (κ3) is 3.87. The highest BCUT2D eigenvalue weighted by Gasteiger charge is 2.20. The summed E-state index contributed by atoms with van der Waals surface area (Å²) in [6.45, 7) is 0.417. The van der Waals surface area contributed by atoms with E-state index in [2.05, 4.69) is 22.6 Å².